The first-order valence-corrected chi connectivity index (χ1v) is 6.82. The van der Waals surface area contributed by atoms with E-state index in [4.69, 9.17) is 0 Å². The lowest BCUT2D eigenvalue weighted by Gasteiger charge is -2.17. The normalized spacial score (nSPS) is 16.0. The molecule has 1 atom stereocenters. The first-order valence-electron chi connectivity index (χ1n) is 6.82. The summed E-state index contributed by atoms with van der Waals surface area (Å²) in [6.07, 6.45) is 5.55. The number of fused-ring (bicyclic) bond motifs is 1. The SMILES string of the molecule is CC(CC1CC1)Nc1c(C#N)cnc2ccccc12. The van der Waals surface area contributed by atoms with Crippen molar-refractivity contribution in [3.63, 3.8) is 0 Å². The second-order valence-corrected chi connectivity index (χ2v) is 5.40. The number of nitrogens with one attached hydrogen (secondary N) is 1. The molecular formula is C16H17N3. The molecule has 96 valence electrons. The van der Waals surface area contributed by atoms with Crippen molar-refractivity contribution < 1.29 is 0 Å². The summed E-state index contributed by atoms with van der Waals surface area (Å²) in [5.74, 6) is 0.876. The fourth-order valence-corrected chi connectivity index (χ4v) is 2.54. The van der Waals surface area contributed by atoms with E-state index in [1.165, 1.54) is 19.3 Å². The van der Waals surface area contributed by atoms with Crippen molar-refractivity contribution in [2.24, 2.45) is 5.92 Å². The molecule has 1 fully saturated rings. The Labute approximate surface area is 113 Å². The van der Waals surface area contributed by atoms with Crippen molar-refractivity contribution in [2.45, 2.75) is 32.2 Å². The Morgan fingerprint density at radius 3 is 2.95 bits per heavy atom. The Balaban J connectivity index is 1.96. The zero-order valence-electron chi connectivity index (χ0n) is 11.1. The van der Waals surface area contributed by atoms with Gasteiger partial charge in [-0.1, -0.05) is 31.0 Å². The first kappa shape index (κ1) is 12.0. The molecule has 1 N–H and O–H groups in total. The van der Waals surface area contributed by atoms with Crippen molar-refractivity contribution in [3.8, 4) is 6.07 Å². The first-order chi connectivity index (χ1) is 9.28. The van der Waals surface area contributed by atoms with Crippen molar-refractivity contribution in [1.29, 1.82) is 5.26 Å². The fraction of sp³-hybridized carbons (Fsp3) is 0.375. The second-order valence-electron chi connectivity index (χ2n) is 5.40. The zero-order chi connectivity index (χ0) is 13.2. The molecule has 0 saturated heterocycles. The van der Waals surface area contributed by atoms with Gasteiger partial charge in [0.15, 0.2) is 0 Å². The second kappa shape index (κ2) is 4.89. The maximum atomic E-state index is 9.26. The van der Waals surface area contributed by atoms with E-state index in [0.717, 1.165) is 22.5 Å². The number of hydrogen-bond donors (Lipinski definition) is 1. The maximum Gasteiger partial charge on any atom is 0.103 e. The number of hydrogen-bond acceptors (Lipinski definition) is 3. The Morgan fingerprint density at radius 1 is 1.42 bits per heavy atom. The number of benzene rings is 1. The highest BCUT2D eigenvalue weighted by molar-refractivity contribution is 5.93. The monoisotopic (exact) mass is 251 g/mol. The molecular weight excluding hydrogens is 234 g/mol. The van der Waals surface area contributed by atoms with E-state index in [-0.39, 0.29) is 0 Å². The van der Waals surface area contributed by atoms with E-state index in [2.05, 4.69) is 23.3 Å². The van der Waals surface area contributed by atoms with Crippen LogP contribution in [0.3, 0.4) is 0 Å². The van der Waals surface area contributed by atoms with Crippen LogP contribution in [0, 0.1) is 17.2 Å². The van der Waals surface area contributed by atoms with Crippen LogP contribution in [0.1, 0.15) is 31.7 Å². The molecule has 0 amide bonds. The predicted molar refractivity (Wildman–Crippen MR) is 76.9 cm³/mol. The number of nitriles is 1. The van der Waals surface area contributed by atoms with Gasteiger partial charge in [0, 0.05) is 17.6 Å². The van der Waals surface area contributed by atoms with Gasteiger partial charge < -0.3 is 5.32 Å². The summed E-state index contributed by atoms with van der Waals surface area (Å²) in [6.45, 7) is 2.19. The Bertz CT molecular complexity index is 638. The molecule has 0 radical (unpaired) electrons. The van der Waals surface area contributed by atoms with Crippen molar-refractivity contribution in [3.05, 3.63) is 36.0 Å². The summed E-state index contributed by atoms with van der Waals surface area (Å²) in [7, 11) is 0. The van der Waals surface area contributed by atoms with Crippen LogP contribution in [0.4, 0.5) is 5.69 Å². The minimum atomic E-state index is 0.394. The van der Waals surface area contributed by atoms with Crippen LogP contribution in [-0.2, 0) is 0 Å². The van der Waals surface area contributed by atoms with E-state index < -0.39 is 0 Å². The Morgan fingerprint density at radius 2 is 2.21 bits per heavy atom. The number of anilines is 1. The summed E-state index contributed by atoms with van der Waals surface area (Å²) in [6, 6.07) is 10.6. The van der Waals surface area contributed by atoms with Gasteiger partial charge in [0.05, 0.1) is 16.8 Å². The molecule has 3 nitrogen and oxygen atoms in total. The van der Waals surface area contributed by atoms with E-state index in [9.17, 15) is 5.26 Å². The molecule has 1 unspecified atom stereocenters. The highest BCUT2D eigenvalue weighted by Gasteiger charge is 2.24. The van der Waals surface area contributed by atoms with Gasteiger partial charge in [-0.05, 0) is 25.3 Å². The molecule has 19 heavy (non-hydrogen) atoms. The third-order valence-electron chi connectivity index (χ3n) is 3.67. The van der Waals surface area contributed by atoms with Gasteiger partial charge in [0.25, 0.3) is 0 Å². The largest absolute Gasteiger partial charge is 0.381 e. The highest BCUT2D eigenvalue weighted by Crippen LogP contribution is 2.35. The van der Waals surface area contributed by atoms with Gasteiger partial charge in [0.1, 0.15) is 6.07 Å². The Hall–Kier alpha value is -2.08. The average Bonchev–Trinajstić information content (AvgIpc) is 3.23. The molecule has 1 aromatic carbocycles. The lowest BCUT2D eigenvalue weighted by molar-refractivity contribution is 0.642. The number of para-hydroxylation sites is 1. The fourth-order valence-electron chi connectivity index (χ4n) is 2.54. The summed E-state index contributed by atoms with van der Waals surface area (Å²) < 4.78 is 0. The minimum Gasteiger partial charge on any atom is -0.381 e. The van der Waals surface area contributed by atoms with Gasteiger partial charge in [-0.3, -0.25) is 4.98 Å². The van der Waals surface area contributed by atoms with Crippen LogP contribution < -0.4 is 5.32 Å². The van der Waals surface area contributed by atoms with Crippen LogP contribution in [0.2, 0.25) is 0 Å². The molecule has 1 saturated carbocycles. The van der Waals surface area contributed by atoms with Gasteiger partial charge in [-0.2, -0.15) is 5.26 Å². The predicted octanol–water partition coefficient (Wildman–Crippen LogP) is 3.71. The molecule has 0 bridgehead atoms. The minimum absolute atomic E-state index is 0.394. The molecule has 3 rings (SSSR count). The number of pyridine rings is 1. The molecule has 0 spiro atoms. The van der Waals surface area contributed by atoms with Crippen molar-refractivity contribution in [2.75, 3.05) is 5.32 Å². The van der Waals surface area contributed by atoms with Gasteiger partial charge in [-0.15, -0.1) is 0 Å². The van der Waals surface area contributed by atoms with Crippen molar-refractivity contribution in [1.82, 2.24) is 4.98 Å². The number of nitrogens with zero attached hydrogens (tertiary/aromatic N) is 2. The summed E-state index contributed by atoms with van der Waals surface area (Å²) in [5.41, 5.74) is 2.49. The van der Waals surface area contributed by atoms with E-state index in [0.29, 0.717) is 11.6 Å². The quantitative estimate of drug-likeness (QED) is 0.901. The Kier molecular flexibility index (Phi) is 3.08. The number of rotatable bonds is 4. The summed E-state index contributed by atoms with van der Waals surface area (Å²) in [4.78, 5) is 4.33. The lowest BCUT2D eigenvalue weighted by Crippen LogP contribution is -2.17. The summed E-state index contributed by atoms with van der Waals surface area (Å²) in [5, 5.41) is 13.8. The molecule has 1 aliphatic carbocycles. The van der Waals surface area contributed by atoms with Crippen LogP contribution in [0.5, 0.6) is 0 Å². The van der Waals surface area contributed by atoms with Crippen LogP contribution in [-0.4, -0.2) is 11.0 Å². The van der Waals surface area contributed by atoms with E-state index in [1.807, 2.05) is 24.3 Å². The standard InChI is InChI=1S/C16H17N3/c1-11(8-12-6-7-12)19-16-13(9-17)10-18-15-5-3-2-4-14(15)16/h2-5,10-12H,6-8H2,1H3,(H,18,19). The van der Waals surface area contributed by atoms with Crippen LogP contribution in [0.15, 0.2) is 30.5 Å². The molecule has 0 aliphatic heterocycles. The third-order valence-corrected chi connectivity index (χ3v) is 3.67. The van der Waals surface area contributed by atoms with E-state index >= 15 is 0 Å². The lowest BCUT2D eigenvalue weighted by atomic mass is 10.1. The number of aromatic nitrogens is 1. The van der Waals surface area contributed by atoms with Gasteiger partial charge >= 0.3 is 0 Å². The highest BCUT2D eigenvalue weighted by atomic mass is 14.9. The summed E-state index contributed by atoms with van der Waals surface area (Å²) >= 11 is 0. The zero-order valence-corrected chi connectivity index (χ0v) is 11.1. The third kappa shape index (κ3) is 2.53. The topological polar surface area (TPSA) is 48.7 Å². The molecule has 3 heteroatoms. The average molecular weight is 251 g/mol. The van der Waals surface area contributed by atoms with Crippen LogP contribution in [0.25, 0.3) is 10.9 Å². The molecule has 2 aromatic rings. The molecule has 1 aromatic heterocycles. The van der Waals surface area contributed by atoms with E-state index in [1.54, 1.807) is 6.20 Å². The van der Waals surface area contributed by atoms with Gasteiger partial charge in [-0.25, -0.2) is 0 Å². The molecule has 1 aliphatic rings. The molecule has 1 heterocycles. The van der Waals surface area contributed by atoms with Crippen LogP contribution >= 0.6 is 0 Å². The maximum absolute atomic E-state index is 9.26. The van der Waals surface area contributed by atoms with Gasteiger partial charge in [0.2, 0.25) is 0 Å². The van der Waals surface area contributed by atoms with Crippen molar-refractivity contribution >= 4 is 16.6 Å². The smallest absolute Gasteiger partial charge is 0.103 e.